The van der Waals surface area contributed by atoms with Gasteiger partial charge in [0.15, 0.2) is 9.84 Å². The molecule has 0 atom stereocenters. The number of nitrogens with zero attached hydrogens (tertiary/aromatic N) is 1. The van der Waals surface area contributed by atoms with Crippen molar-refractivity contribution in [3.63, 3.8) is 0 Å². The summed E-state index contributed by atoms with van der Waals surface area (Å²) in [5.74, 6) is 0.867. The highest BCUT2D eigenvalue weighted by Gasteiger charge is 2.15. The van der Waals surface area contributed by atoms with Crippen LogP contribution in [0.5, 0.6) is 0 Å². The number of piperidine rings is 1. The number of benzene rings is 1. The lowest BCUT2D eigenvalue weighted by Gasteiger charge is -2.30. The van der Waals surface area contributed by atoms with Crippen LogP contribution in [0.3, 0.4) is 0 Å². The summed E-state index contributed by atoms with van der Waals surface area (Å²) in [4.78, 5) is 14.5. The summed E-state index contributed by atoms with van der Waals surface area (Å²) >= 11 is 0. The number of nitrogens with one attached hydrogen (secondary N) is 2. The predicted octanol–water partition coefficient (Wildman–Crippen LogP) is 2.27. The molecule has 0 saturated carbocycles. The molecule has 1 fully saturated rings. The molecule has 0 radical (unpaired) electrons. The SMILES string of the molecule is CC1CCN(CCCNC(=O)NCCCS(=O)(=O)c2ccccc2)CC1. The zero-order chi connectivity index (χ0) is 18.8. The molecule has 2 N–H and O–H groups in total. The molecule has 6 nitrogen and oxygen atoms in total. The van der Waals surface area contributed by atoms with E-state index < -0.39 is 9.84 Å². The van der Waals surface area contributed by atoms with E-state index in [1.807, 2.05) is 0 Å². The third-order valence-electron chi connectivity index (χ3n) is 4.79. The second-order valence-electron chi connectivity index (χ2n) is 7.05. The average molecular weight is 382 g/mol. The van der Waals surface area contributed by atoms with E-state index in [0.29, 0.717) is 24.4 Å². The van der Waals surface area contributed by atoms with Gasteiger partial charge in [-0.1, -0.05) is 25.1 Å². The van der Waals surface area contributed by atoms with Gasteiger partial charge in [0.2, 0.25) is 0 Å². The Bertz CT molecular complexity index is 641. The fourth-order valence-corrected chi connectivity index (χ4v) is 4.39. The van der Waals surface area contributed by atoms with Crippen molar-refractivity contribution in [1.29, 1.82) is 0 Å². The highest BCUT2D eigenvalue weighted by molar-refractivity contribution is 7.91. The highest BCUT2D eigenvalue weighted by atomic mass is 32.2. The highest BCUT2D eigenvalue weighted by Crippen LogP contribution is 2.15. The molecule has 0 spiro atoms. The minimum Gasteiger partial charge on any atom is -0.338 e. The van der Waals surface area contributed by atoms with Gasteiger partial charge in [0.25, 0.3) is 0 Å². The maximum absolute atomic E-state index is 12.1. The Labute approximate surface area is 157 Å². The van der Waals surface area contributed by atoms with Crippen molar-refractivity contribution in [2.45, 2.75) is 37.5 Å². The van der Waals surface area contributed by atoms with Crippen molar-refractivity contribution in [1.82, 2.24) is 15.5 Å². The summed E-state index contributed by atoms with van der Waals surface area (Å²) in [6, 6.07) is 8.18. The third-order valence-corrected chi connectivity index (χ3v) is 6.61. The van der Waals surface area contributed by atoms with Gasteiger partial charge in [-0.05, 0) is 63.4 Å². The lowest BCUT2D eigenvalue weighted by atomic mass is 9.99. The van der Waals surface area contributed by atoms with Crippen LogP contribution in [0.2, 0.25) is 0 Å². The summed E-state index contributed by atoms with van der Waals surface area (Å²) in [6.07, 6.45) is 3.86. The monoisotopic (exact) mass is 381 g/mol. The number of rotatable bonds is 9. The summed E-state index contributed by atoms with van der Waals surface area (Å²) in [6.45, 7) is 6.62. The Morgan fingerprint density at radius 3 is 2.35 bits per heavy atom. The Morgan fingerprint density at radius 2 is 1.69 bits per heavy atom. The van der Waals surface area contributed by atoms with Crippen LogP contribution >= 0.6 is 0 Å². The molecule has 146 valence electrons. The van der Waals surface area contributed by atoms with Crippen LogP contribution in [0.1, 0.15) is 32.6 Å². The summed E-state index contributed by atoms with van der Waals surface area (Å²) in [5, 5.41) is 5.56. The van der Waals surface area contributed by atoms with E-state index >= 15 is 0 Å². The number of carbonyl (C=O) groups is 1. The Morgan fingerprint density at radius 1 is 1.08 bits per heavy atom. The minimum absolute atomic E-state index is 0.0324. The van der Waals surface area contributed by atoms with Crippen LogP contribution in [-0.2, 0) is 9.84 Å². The summed E-state index contributed by atoms with van der Waals surface area (Å²) in [7, 11) is -3.27. The first-order valence-electron chi connectivity index (χ1n) is 9.49. The lowest BCUT2D eigenvalue weighted by Crippen LogP contribution is -2.39. The van der Waals surface area contributed by atoms with E-state index in [4.69, 9.17) is 0 Å². The molecule has 1 aromatic rings. The number of urea groups is 1. The van der Waals surface area contributed by atoms with Crippen LogP contribution < -0.4 is 10.6 Å². The van der Waals surface area contributed by atoms with Gasteiger partial charge in [-0.25, -0.2) is 13.2 Å². The normalized spacial score (nSPS) is 16.3. The molecule has 0 bridgehead atoms. The van der Waals surface area contributed by atoms with Crippen LogP contribution in [0.15, 0.2) is 35.2 Å². The maximum atomic E-state index is 12.1. The van der Waals surface area contributed by atoms with E-state index in [9.17, 15) is 13.2 Å². The third kappa shape index (κ3) is 7.33. The molecular formula is C19H31N3O3S. The van der Waals surface area contributed by atoms with Gasteiger partial charge < -0.3 is 15.5 Å². The van der Waals surface area contributed by atoms with Gasteiger partial charge in [0, 0.05) is 13.1 Å². The fraction of sp³-hybridized carbons (Fsp3) is 0.632. The number of carbonyl (C=O) groups excluding carboxylic acids is 1. The Kier molecular flexibility index (Phi) is 8.38. The molecular weight excluding hydrogens is 350 g/mol. The first-order valence-corrected chi connectivity index (χ1v) is 11.1. The van der Waals surface area contributed by atoms with E-state index in [1.165, 1.54) is 12.8 Å². The van der Waals surface area contributed by atoms with Crippen molar-refractivity contribution in [2.24, 2.45) is 5.92 Å². The quantitative estimate of drug-likeness (QED) is 0.643. The molecule has 1 aliphatic rings. The number of sulfone groups is 1. The number of likely N-dealkylation sites (tertiary alicyclic amines) is 1. The summed E-state index contributed by atoms with van der Waals surface area (Å²) < 4.78 is 24.3. The van der Waals surface area contributed by atoms with Gasteiger partial charge >= 0.3 is 6.03 Å². The van der Waals surface area contributed by atoms with Crippen molar-refractivity contribution >= 4 is 15.9 Å². The molecule has 0 aliphatic carbocycles. The van der Waals surface area contributed by atoms with Gasteiger partial charge in [-0.2, -0.15) is 0 Å². The number of amides is 2. The average Bonchev–Trinajstić information content (AvgIpc) is 2.64. The molecule has 0 aromatic heterocycles. The minimum atomic E-state index is -3.27. The first-order chi connectivity index (χ1) is 12.5. The zero-order valence-corrected chi connectivity index (χ0v) is 16.4. The number of hydrogen-bond acceptors (Lipinski definition) is 4. The molecule has 1 aromatic carbocycles. The van der Waals surface area contributed by atoms with E-state index in [1.54, 1.807) is 30.3 Å². The molecule has 1 aliphatic heterocycles. The van der Waals surface area contributed by atoms with Crippen molar-refractivity contribution in [3.8, 4) is 0 Å². The lowest BCUT2D eigenvalue weighted by molar-refractivity contribution is 0.190. The van der Waals surface area contributed by atoms with Crippen molar-refractivity contribution in [2.75, 3.05) is 38.5 Å². The first kappa shape index (κ1) is 20.7. The van der Waals surface area contributed by atoms with Gasteiger partial charge in [-0.15, -0.1) is 0 Å². The molecule has 2 amide bonds. The molecule has 1 saturated heterocycles. The standard InChI is InChI=1S/C19H31N3O3S/c1-17-9-14-22(15-10-17)13-5-11-20-19(23)21-12-6-16-26(24,25)18-7-3-2-4-8-18/h2-4,7-8,17H,5-6,9-16H2,1H3,(H2,20,21,23). The second kappa shape index (κ2) is 10.5. The maximum Gasteiger partial charge on any atom is 0.314 e. The molecule has 2 rings (SSSR count). The fourth-order valence-electron chi connectivity index (χ4n) is 3.06. The molecule has 1 heterocycles. The van der Waals surface area contributed by atoms with Crippen LogP contribution in [0, 0.1) is 5.92 Å². The topological polar surface area (TPSA) is 78.5 Å². The van der Waals surface area contributed by atoms with Crippen LogP contribution in [0.25, 0.3) is 0 Å². The van der Waals surface area contributed by atoms with Crippen LogP contribution in [0.4, 0.5) is 4.79 Å². The smallest absolute Gasteiger partial charge is 0.314 e. The largest absolute Gasteiger partial charge is 0.338 e. The van der Waals surface area contributed by atoms with E-state index in [2.05, 4.69) is 22.5 Å². The second-order valence-corrected chi connectivity index (χ2v) is 9.16. The van der Waals surface area contributed by atoms with Gasteiger partial charge in [-0.3, -0.25) is 0 Å². The zero-order valence-electron chi connectivity index (χ0n) is 15.6. The number of hydrogen-bond donors (Lipinski definition) is 2. The van der Waals surface area contributed by atoms with E-state index in [0.717, 1.165) is 32.0 Å². The van der Waals surface area contributed by atoms with E-state index in [-0.39, 0.29) is 11.8 Å². The molecule has 7 heteroatoms. The summed E-state index contributed by atoms with van der Waals surface area (Å²) in [5.41, 5.74) is 0. The predicted molar refractivity (Wildman–Crippen MR) is 104 cm³/mol. The van der Waals surface area contributed by atoms with Crippen LogP contribution in [-0.4, -0.2) is 57.8 Å². The van der Waals surface area contributed by atoms with Crippen molar-refractivity contribution < 1.29 is 13.2 Å². The molecule has 26 heavy (non-hydrogen) atoms. The molecule has 0 unspecified atom stereocenters. The Balaban J connectivity index is 1.52. The van der Waals surface area contributed by atoms with Crippen molar-refractivity contribution in [3.05, 3.63) is 30.3 Å². The van der Waals surface area contributed by atoms with Gasteiger partial charge in [0.05, 0.1) is 10.6 Å². The Hall–Kier alpha value is -1.60. The van der Waals surface area contributed by atoms with Gasteiger partial charge in [0.1, 0.15) is 0 Å².